The first-order valence-electron chi connectivity index (χ1n) is 6.53. The minimum Gasteiger partial charge on any atom is -0.391 e. The van der Waals surface area contributed by atoms with Gasteiger partial charge in [0.15, 0.2) is 0 Å². The van der Waals surface area contributed by atoms with E-state index in [-0.39, 0.29) is 6.10 Å². The molecule has 1 aromatic carbocycles. The Labute approximate surface area is 115 Å². The Morgan fingerprint density at radius 1 is 1.17 bits per heavy atom. The summed E-state index contributed by atoms with van der Waals surface area (Å²) in [4.78, 5) is 0. The molecule has 0 amide bonds. The van der Waals surface area contributed by atoms with E-state index in [0.29, 0.717) is 12.6 Å². The molecule has 0 aliphatic rings. The van der Waals surface area contributed by atoms with Gasteiger partial charge in [0.1, 0.15) is 0 Å². The number of aliphatic hydroxyl groups is 1. The molecule has 0 aliphatic heterocycles. The molecule has 0 bridgehead atoms. The largest absolute Gasteiger partial charge is 0.391 e. The Bertz CT molecular complexity index is 345. The van der Waals surface area contributed by atoms with Gasteiger partial charge in [-0.1, -0.05) is 43.2 Å². The molecule has 2 N–H and O–H groups in total. The fourth-order valence-corrected chi connectivity index (χ4v) is 2.81. The number of hydrogen-bond donors (Lipinski definition) is 2. The Morgan fingerprint density at radius 2 is 1.78 bits per heavy atom. The lowest BCUT2D eigenvalue weighted by atomic mass is 10.1. The van der Waals surface area contributed by atoms with E-state index in [0.717, 1.165) is 11.5 Å². The highest BCUT2D eigenvalue weighted by molar-refractivity contribution is 7.98. The molecule has 0 spiro atoms. The van der Waals surface area contributed by atoms with Gasteiger partial charge >= 0.3 is 0 Å². The van der Waals surface area contributed by atoms with E-state index in [1.165, 1.54) is 16.7 Å². The summed E-state index contributed by atoms with van der Waals surface area (Å²) in [6, 6.07) is 7.07. The van der Waals surface area contributed by atoms with Gasteiger partial charge in [0.05, 0.1) is 6.10 Å². The van der Waals surface area contributed by atoms with E-state index < -0.39 is 0 Å². The van der Waals surface area contributed by atoms with Gasteiger partial charge in [-0.25, -0.2) is 0 Å². The second-order valence-corrected chi connectivity index (χ2v) is 6.26. The first-order valence-corrected chi connectivity index (χ1v) is 7.69. The topological polar surface area (TPSA) is 32.3 Å². The van der Waals surface area contributed by atoms with Gasteiger partial charge in [-0.3, -0.25) is 0 Å². The Hall–Kier alpha value is -0.510. The third-order valence-corrected chi connectivity index (χ3v) is 3.78. The van der Waals surface area contributed by atoms with Crippen LogP contribution in [0.4, 0.5) is 0 Å². The maximum atomic E-state index is 9.80. The highest BCUT2D eigenvalue weighted by atomic mass is 32.2. The summed E-state index contributed by atoms with van der Waals surface area (Å²) in [5.74, 6) is 1.76. The van der Waals surface area contributed by atoms with Crippen LogP contribution in [0.2, 0.25) is 0 Å². The number of aliphatic hydroxyl groups excluding tert-OH is 1. The van der Waals surface area contributed by atoms with Gasteiger partial charge in [0, 0.05) is 24.1 Å². The van der Waals surface area contributed by atoms with E-state index in [9.17, 15) is 5.11 Å². The lowest BCUT2D eigenvalue weighted by Gasteiger charge is -2.13. The lowest BCUT2D eigenvalue weighted by Crippen LogP contribution is -2.33. The van der Waals surface area contributed by atoms with Crippen LogP contribution >= 0.6 is 11.8 Å². The average molecular weight is 267 g/mol. The maximum absolute atomic E-state index is 9.80. The van der Waals surface area contributed by atoms with E-state index in [1.54, 1.807) is 11.8 Å². The van der Waals surface area contributed by atoms with Gasteiger partial charge in [-0.2, -0.15) is 11.8 Å². The first kappa shape index (κ1) is 15.5. The predicted molar refractivity (Wildman–Crippen MR) is 81.2 cm³/mol. The third kappa shape index (κ3) is 6.43. The fourth-order valence-electron chi connectivity index (χ4n) is 1.90. The molecule has 2 nitrogen and oxygen atoms in total. The zero-order valence-corrected chi connectivity index (χ0v) is 12.7. The minimum absolute atomic E-state index is 0.261. The molecule has 0 aliphatic carbocycles. The van der Waals surface area contributed by atoms with Gasteiger partial charge in [0.2, 0.25) is 0 Å². The number of aryl methyl sites for hydroxylation is 2. The molecule has 1 rings (SSSR count). The summed E-state index contributed by atoms with van der Waals surface area (Å²) in [6.07, 6.45) is -0.261. The van der Waals surface area contributed by atoms with Crippen molar-refractivity contribution in [1.29, 1.82) is 0 Å². The molecule has 0 heterocycles. The van der Waals surface area contributed by atoms with Crippen LogP contribution in [0, 0.1) is 13.8 Å². The molecule has 102 valence electrons. The highest BCUT2D eigenvalue weighted by Crippen LogP contribution is 2.16. The molecule has 0 saturated carbocycles. The molecule has 0 aromatic heterocycles. The van der Waals surface area contributed by atoms with Crippen molar-refractivity contribution >= 4 is 11.8 Å². The van der Waals surface area contributed by atoms with Crippen LogP contribution in [0.5, 0.6) is 0 Å². The van der Waals surface area contributed by atoms with Crippen molar-refractivity contribution in [3.05, 3.63) is 34.9 Å². The summed E-state index contributed by atoms with van der Waals surface area (Å²) in [5.41, 5.74) is 3.97. The molecule has 0 fully saturated rings. The Balaban J connectivity index is 2.28. The molecule has 0 saturated heterocycles. The number of benzene rings is 1. The minimum atomic E-state index is -0.261. The van der Waals surface area contributed by atoms with E-state index in [2.05, 4.69) is 51.2 Å². The zero-order chi connectivity index (χ0) is 13.5. The van der Waals surface area contributed by atoms with E-state index >= 15 is 0 Å². The SMILES string of the molecule is Cc1cc(C)cc(CSCC(O)CNC(C)C)c1. The van der Waals surface area contributed by atoms with Crippen molar-refractivity contribution < 1.29 is 5.11 Å². The standard InChI is InChI=1S/C15H25NOS/c1-11(2)16-8-15(17)10-18-9-14-6-12(3)5-13(4)7-14/h5-7,11,15-17H,8-10H2,1-4H3. The van der Waals surface area contributed by atoms with Crippen LogP contribution in [0.15, 0.2) is 18.2 Å². The third-order valence-electron chi connectivity index (χ3n) is 2.62. The number of thioether (sulfide) groups is 1. The fraction of sp³-hybridized carbons (Fsp3) is 0.600. The number of nitrogens with one attached hydrogen (secondary N) is 1. The summed E-state index contributed by atoms with van der Waals surface area (Å²) in [6.45, 7) is 9.12. The molecule has 1 atom stereocenters. The first-order chi connectivity index (χ1) is 8.47. The van der Waals surface area contributed by atoms with E-state index in [1.807, 2.05) is 0 Å². The van der Waals surface area contributed by atoms with Crippen LogP contribution in [0.25, 0.3) is 0 Å². The molecular weight excluding hydrogens is 242 g/mol. The summed E-state index contributed by atoms with van der Waals surface area (Å²) < 4.78 is 0. The average Bonchev–Trinajstić information content (AvgIpc) is 2.25. The van der Waals surface area contributed by atoms with Crippen molar-refractivity contribution in [3.63, 3.8) is 0 Å². The molecule has 18 heavy (non-hydrogen) atoms. The molecule has 1 unspecified atom stereocenters. The highest BCUT2D eigenvalue weighted by Gasteiger charge is 2.05. The van der Waals surface area contributed by atoms with Crippen molar-refractivity contribution in [3.8, 4) is 0 Å². The smallest absolute Gasteiger partial charge is 0.0755 e. The predicted octanol–water partition coefficient (Wildman–Crippen LogP) is 2.90. The van der Waals surface area contributed by atoms with E-state index in [4.69, 9.17) is 0 Å². The van der Waals surface area contributed by atoms with Crippen molar-refractivity contribution in [2.24, 2.45) is 0 Å². The maximum Gasteiger partial charge on any atom is 0.0755 e. The van der Waals surface area contributed by atoms with Gasteiger partial charge < -0.3 is 10.4 Å². The molecule has 3 heteroatoms. The summed E-state index contributed by atoms with van der Waals surface area (Å²) >= 11 is 1.79. The van der Waals surface area contributed by atoms with Gasteiger partial charge in [0.25, 0.3) is 0 Å². The number of hydrogen-bond acceptors (Lipinski definition) is 3. The van der Waals surface area contributed by atoms with Crippen LogP contribution in [0.3, 0.4) is 0 Å². The van der Waals surface area contributed by atoms with Crippen LogP contribution in [-0.4, -0.2) is 29.5 Å². The normalized spacial score (nSPS) is 13.0. The van der Waals surface area contributed by atoms with Crippen LogP contribution in [0.1, 0.15) is 30.5 Å². The Morgan fingerprint density at radius 3 is 2.33 bits per heavy atom. The van der Waals surface area contributed by atoms with Crippen molar-refractivity contribution in [1.82, 2.24) is 5.32 Å². The van der Waals surface area contributed by atoms with Gasteiger partial charge in [-0.15, -0.1) is 0 Å². The second-order valence-electron chi connectivity index (χ2n) is 5.23. The van der Waals surface area contributed by atoms with Crippen LogP contribution < -0.4 is 5.32 Å². The Kier molecular flexibility index (Phi) is 6.76. The molecule has 0 radical (unpaired) electrons. The lowest BCUT2D eigenvalue weighted by molar-refractivity contribution is 0.192. The summed E-state index contributed by atoms with van der Waals surface area (Å²) in [7, 11) is 0. The quantitative estimate of drug-likeness (QED) is 0.797. The zero-order valence-electron chi connectivity index (χ0n) is 11.9. The molecular formula is C15H25NOS. The second kappa shape index (κ2) is 7.82. The van der Waals surface area contributed by atoms with Crippen LogP contribution in [-0.2, 0) is 5.75 Å². The number of rotatable bonds is 7. The monoisotopic (exact) mass is 267 g/mol. The summed E-state index contributed by atoms with van der Waals surface area (Å²) in [5, 5.41) is 13.1. The molecule has 1 aromatic rings. The van der Waals surface area contributed by atoms with Crippen molar-refractivity contribution in [2.45, 2.75) is 45.6 Å². The van der Waals surface area contributed by atoms with Crippen molar-refractivity contribution in [2.75, 3.05) is 12.3 Å². The van der Waals surface area contributed by atoms with Gasteiger partial charge in [-0.05, 0) is 19.4 Å².